The van der Waals surface area contributed by atoms with Gasteiger partial charge in [0.2, 0.25) is 5.88 Å². The molecule has 0 fully saturated rings. The second-order valence-electron chi connectivity index (χ2n) is 4.46. The van der Waals surface area contributed by atoms with Crippen LogP contribution in [0.5, 0.6) is 5.88 Å². The third-order valence-electron chi connectivity index (χ3n) is 3.00. The Bertz CT molecular complexity index is 838. The standard InChI is InChI=1S/C13H14N6O2/c1-3-21-11-6-4-5-9(15-11)8-19-13(20)10-7-14-18(2)12(10)16-17-19/h4-7H,3,8H2,1-2H3. The van der Waals surface area contributed by atoms with Crippen molar-refractivity contribution in [1.29, 1.82) is 0 Å². The van der Waals surface area contributed by atoms with Crippen LogP contribution >= 0.6 is 0 Å². The SMILES string of the molecule is CCOc1cccc(Cn2nnc3c(cnn3C)c2=O)n1. The maximum Gasteiger partial charge on any atom is 0.281 e. The number of aromatic nitrogens is 6. The fourth-order valence-electron chi connectivity index (χ4n) is 2.01. The van der Waals surface area contributed by atoms with Gasteiger partial charge in [0.15, 0.2) is 5.65 Å². The fourth-order valence-corrected chi connectivity index (χ4v) is 2.01. The van der Waals surface area contributed by atoms with Gasteiger partial charge in [-0.15, -0.1) is 5.10 Å². The molecule has 0 N–H and O–H groups in total. The summed E-state index contributed by atoms with van der Waals surface area (Å²) in [7, 11) is 1.72. The molecule has 0 aromatic carbocycles. The number of nitrogens with zero attached hydrogens (tertiary/aromatic N) is 6. The third-order valence-corrected chi connectivity index (χ3v) is 3.00. The fraction of sp³-hybridized carbons (Fsp3) is 0.308. The molecule has 0 spiro atoms. The summed E-state index contributed by atoms with van der Waals surface area (Å²) in [4.78, 5) is 16.6. The minimum atomic E-state index is -0.239. The van der Waals surface area contributed by atoms with Crippen molar-refractivity contribution in [1.82, 2.24) is 29.8 Å². The van der Waals surface area contributed by atoms with Gasteiger partial charge in [-0.3, -0.25) is 4.79 Å². The quantitative estimate of drug-likeness (QED) is 0.688. The molecule has 3 rings (SSSR count). The predicted molar refractivity (Wildman–Crippen MR) is 75.1 cm³/mol. The molecule has 0 bridgehead atoms. The van der Waals surface area contributed by atoms with Crippen molar-refractivity contribution < 1.29 is 4.74 Å². The summed E-state index contributed by atoms with van der Waals surface area (Å²) in [5, 5.41) is 12.4. The molecule has 21 heavy (non-hydrogen) atoms. The average Bonchev–Trinajstić information content (AvgIpc) is 2.85. The lowest BCUT2D eigenvalue weighted by atomic mass is 10.3. The molecule has 8 heteroatoms. The molecule has 0 saturated carbocycles. The van der Waals surface area contributed by atoms with E-state index in [1.54, 1.807) is 13.1 Å². The van der Waals surface area contributed by atoms with Gasteiger partial charge in [0, 0.05) is 13.1 Å². The van der Waals surface area contributed by atoms with Crippen LogP contribution in [0.15, 0.2) is 29.2 Å². The van der Waals surface area contributed by atoms with E-state index in [9.17, 15) is 4.79 Å². The highest BCUT2D eigenvalue weighted by Crippen LogP contribution is 2.08. The molecule has 0 unspecified atom stereocenters. The van der Waals surface area contributed by atoms with Crippen LogP contribution < -0.4 is 10.3 Å². The molecule has 108 valence electrons. The number of aryl methyl sites for hydroxylation is 1. The van der Waals surface area contributed by atoms with Crippen molar-refractivity contribution in [2.75, 3.05) is 6.61 Å². The van der Waals surface area contributed by atoms with E-state index >= 15 is 0 Å². The molecular weight excluding hydrogens is 272 g/mol. The van der Waals surface area contributed by atoms with E-state index in [-0.39, 0.29) is 12.1 Å². The zero-order chi connectivity index (χ0) is 14.8. The molecule has 3 aromatic rings. The summed E-state index contributed by atoms with van der Waals surface area (Å²) in [5.41, 5.74) is 0.907. The van der Waals surface area contributed by atoms with Crippen molar-refractivity contribution in [3.8, 4) is 5.88 Å². The van der Waals surface area contributed by atoms with Crippen LogP contribution in [0.25, 0.3) is 11.0 Å². The molecule has 0 radical (unpaired) electrons. The highest BCUT2D eigenvalue weighted by atomic mass is 16.5. The summed E-state index contributed by atoms with van der Waals surface area (Å²) < 4.78 is 8.12. The van der Waals surface area contributed by atoms with Gasteiger partial charge in [-0.2, -0.15) is 5.10 Å². The Morgan fingerprint density at radius 3 is 3.00 bits per heavy atom. The predicted octanol–water partition coefficient (Wildman–Crippen LogP) is 0.367. The second kappa shape index (κ2) is 5.31. The molecule has 0 aliphatic rings. The molecule has 0 saturated heterocycles. The largest absolute Gasteiger partial charge is 0.478 e. The average molecular weight is 286 g/mol. The summed E-state index contributed by atoms with van der Waals surface area (Å²) >= 11 is 0. The van der Waals surface area contributed by atoms with Gasteiger partial charge in [-0.1, -0.05) is 11.3 Å². The van der Waals surface area contributed by atoms with E-state index in [1.165, 1.54) is 15.6 Å². The monoisotopic (exact) mass is 286 g/mol. The molecule has 8 nitrogen and oxygen atoms in total. The Labute approximate surface area is 120 Å². The first-order valence-electron chi connectivity index (χ1n) is 6.53. The Kier molecular flexibility index (Phi) is 3.35. The molecule has 3 aromatic heterocycles. The summed E-state index contributed by atoms with van der Waals surface area (Å²) in [6, 6.07) is 5.41. The highest BCUT2D eigenvalue weighted by Gasteiger charge is 2.10. The van der Waals surface area contributed by atoms with E-state index in [2.05, 4.69) is 20.4 Å². The minimum absolute atomic E-state index is 0.234. The smallest absolute Gasteiger partial charge is 0.281 e. The summed E-state index contributed by atoms with van der Waals surface area (Å²) in [5.74, 6) is 0.526. The third kappa shape index (κ3) is 2.47. The molecule has 0 atom stereocenters. The molecule has 0 aliphatic heterocycles. The number of hydrogen-bond acceptors (Lipinski definition) is 6. The lowest BCUT2D eigenvalue weighted by Gasteiger charge is -2.06. The van der Waals surface area contributed by atoms with Gasteiger partial charge in [-0.25, -0.2) is 14.3 Å². The van der Waals surface area contributed by atoms with E-state index in [0.29, 0.717) is 29.2 Å². The Hall–Kier alpha value is -2.77. The van der Waals surface area contributed by atoms with Crippen LogP contribution in [0.3, 0.4) is 0 Å². The number of ether oxygens (including phenoxy) is 1. The van der Waals surface area contributed by atoms with Crippen LogP contribution in [-0.2, 0) is 13.6 Å². The maximum absolute atomic E-state index is 12.3. The number of pyridine rings is 1. The van der Waals surface area contributed by atoms with Crippen LogP contribution in [0.1, 0.15) is 12.6 Å². The molecule has 3 heterocycles. The molecule has 0 amide bonds. The second-order valence-corrected chi connectivity index (χ2v) is 4.46. The Balaban J connectivity index is 1.96. The maximum atomic E-state index is 12.3. The summed E-state index contributed by atoms with van der Waals surface area (Å²) in [6.45, 7) is 2.66. The van der Waals surface area contributed by atoms with Crippen molar-refractivity contribution in [3.05, 3.63) is 40.4 Å². The Morgan fingerprint density at radius 2 is 2.19 bits per heavy atom. The first-order valence-corrected chi connectivity index (χ1v) is 6.53. The van der Waals surface area contributed by atoms with Crippen molar-refractivity contribution in [2.24, 2.45) is 7.05 Å². The topological polar surface area (TPSA) is 87.7 Å². The Morgan fingerprint density at radius 1 is 1.33 bits per heavy atom. The minimum Gasteiger partial charge on any atom is -0.478 e. The molecular formula is C13H14N6O2. The van der Waals surface area contributed by atoms with Crippen LogP contribution in [-0.4, -0.2) is 36.4 Å². The first kappa shape index (κ1) is 13.2. The number of hydrogen-bond donors (Lipinski definition) is 0. The molecule has 0 aliphatic carbocycles. The lowest BCUT2D eigenvalue weighted by Crippen LogP contribution is -2.25. The van der Waals surface area contributed by atoms with Gasteiger partial charge in [0.25, 0.3) is 5.56 Å². The first-order chi connectivity index (χ1) is 10.2. The number of rotatable bonds is 4. The van der Waals surface area contributed by atoms with Crippen LogP contribution in [0.4, 0.5) is 0 Å². The van der Waals surface area contributed by atoms with E-state index < -0.39 is 0 Å². The van der Waals surface area contributed by atoms with Crippen molar-refractivity contribution in [3.63, 3.8) is 0 Å². The lowest BCUT2D eigenvalue weighted by molar-refractivity contribution is 0.325. The van der Waals surface area contributed by atoms with Crippen molar-refractivity contribution in [2.45, 2.75) is 13.5 Å². The number of fused-ring (bicyclic) bond motifs is 1. The highest BCUT2D eigenvalue weighted by molar-refractivity contribution is 5.72. The van der Waals surface area contributed by atoms with Gasteiger partial charge < -0.3 is 4.74 Å². The van der Waals surface area contributed by atoms with E-state index in [4.69, 9.17) is 4.74 Å². The van der Waals surface area contributed by atoms with E-state index in [1.807, 2.05) is 19.1 Å². The van der Waals surface area contributed by atoms with Crippen LogP contribution in [0, 0.1) is 0 Å². The van der Waals surface area contributed by atoms with Crippen molar-refractivity contribution >= 4 is 11.0 Å². The van der Waals surface area contributed by atoms with Gasteiger partial charge in [0.1, 0.15) is 5.39 Å². The van der Waals surface area contributed by atoms with Gasteiger partial charge in [0.05, 0.1) is 25.0 Å². The van der Waals surface area contributed by atoms with Gasteiger partial charge >= 0.3 is 0 Å². The van der Waals surface area contributed by atoms with Gasteiger partial charge in [-0.05, 0) is 13.0 Å². The zero-order valence-electron chi connectivity index (χ0n) is 11.7. The van der Waals surface area contributed by atoms with E-state index in [0.717, 1.165) is 0 Å². The zero-order valence-corrected chi connectivity index (χ0v) is 11.7. The van der Waals surface area contributed by atoms with Crippen LogP contribution in [0.2, 0.25) is 0 Å². The normalized spacial score (nSPS) is 11.0. The summed E-state index contributed by atoms with van der Waals surface area (Å²) in [6.07, 6.45) is 1.49.